The Morgan fingerprint density at radius 1 is 1.10 bits per heavy atom. The second-order valence-corrected chi connectivity index (χ2v) is 4.62. The number of carbonyl (C=O) groups excluding carboxylic acids is 3. The molecule has 0 spiro atoms. The summed E-state index contributed by atoms with van der Waals surface area (Å²) in [5, 5.41) is 2.71. The molecule has 2 amide bonds. The molecule has 1 aromatic rings. The second-order valence-electron chi connectivity index (χ2n) is 4.62. The third kappa shape index (κ3) is 4.84. The van der Waals surface area contributed by atoms with E-state index in [2.05, 4.69) is 5.32 Å². The van der Waals surface area contributed by atoms with E-state index in [1.165, 1.54) is 18.7 Å². The lowest BCUT2D eigenvalue weighted by molar-refractivity contribution is -0.132. The van der Waals surface area contributed by atoms with E-state index in [0.29, 0.717) is 17.8 Å². The van der Waals surface area contributed by atoms with Gasteiger partial charge in [-0.3, -0.25) is 14.4 Å². The number of hydrogen-bond acceptors (Lipinski definition) is 3. The van der Waals surface area contributed by atoms with Crippen molar-refractivity contribution in [3.63, 3.8) is 0 Å². The van der Waals surface area contributed by atoms with Gasteiger partial charge in [-0.05, 0) is 37.6 Å². The predicted octanol–water partition coefficient (Wildman–Crippen LogP) is 2.09. The Morgan fingerprint density at radius 2 is 1.70 bits per heavy atom. The molecule has 1 rings (SSSR count). The van der Waals surface area contributed by atoms with Crippen LogP contribution in [0.5, 0.6) is 0 Å². The number of amides is 2. The number of ketones is 1. The van der Waals surface area contributed by atoms with Crippen LogP contribution in [-0.4, -0.2) is 35.6 Å². The van der Waals surface area contributed by atoms with Crippen LogP contribution in [0.25, 0.3) is 0 Å². The van der Waals surface area contributed by atoms with Gasteiger partial charge in [0, 0.05) is 24.7 Å². The van der Waals surface area contributed by atoms with Crippen LogP contribution in [0.1, 0.15) is 37.6 Å². The summed E-state index contributed by atoms with van der Waals surface area (Å²) in [6.07, 6.45) is 0.806. The van der Waals surface area contributed by atoms with Crippen molar-refractivity contribution in [2.75, 3.05) is 18.4 Å². The summed E-state index contributed by atoms with van der Waals surface area (Å²) >= 11 is 0. The van der Waals surface area contributed by atoms with Crippen LogP contribution in [0.15, 0.2) is 24.3 Å². The third-order valence-electron chi connectivity index (χ3n) is 2.85. The lowest BCUT2D eigenvalue weighted by Crippen LogP contribution is -2.37. The van der Waals surface area contributed by atoms with Crippen molar-refractivity contribution in [1.29, 1.82) is 0 Å². The zero-order chi connectivity index (χ0) is 15.1. The summed E-state index contributed by atoms with van der Waals surface area (Å²) in [4.78, 5) is 35.8. The van der Waals surface area contributed by atoms with Gasteiger partial charge in [0.2, 0.25) is 11.8 Å². The minimum atomic E-state index is -0.246. The van der Waals surface area contributed by atoms with E-state index in [0.717, 1.165) is 6.42 Å². The number of hydrogen-bond donors (Lipinski definition) is 1. The Kier molecular flexibility index (Phi) is 5.90. The van der Waals surface area contributed by atoms with Gasteiger partial charge in [0.15, 0.2) is 5.78 Å². The highest BCUT2D eigenvalue weighted by atomic mass is 16.2. The molecular formula is C15H20N2O3. The van der Waals surface area contributed by atoms with Crippen molar-refractivity contribution in [3.8, 4) is 0 Å². The summed E-state index contributed by atoms with van der Waals surface area (Å²) < 4.78 is 0. The Morgan fingerprint density at radius 3 is 2.15 bits per heavy atom. The molecule has 0 radical (unpaired) electrons. The largest absolute Gasteiger partial charge is 0.334 e. The standard InChI is InChI=1S/C15H20N2O3/c1-4-9-17(12(3)19)10-15(20)16-14-7-5-13(6-8-14)11(2)18/h5-8H,4,9-10H2,1-3H3,(H,16,20). The van der Waals surface area contributed by atoms with Gasteiger partial charge in [0.05, 0.1) is 6.54 Å². The molecule has 1 aromatic carbocycles. The number of Topliss-reactive ketones (excluding diaryl/α,β-unsaturated/α-hetero) is 1. The van der Waals surface area contributed by atoms with Crippen LogP contribution in [-0.2, 0) is 9.59 Å². The third-order valence-corrected chi connectivity index (χ3v) is 2.85. The summed E-state index contributed by atoms with van der Waals surface area (Å²) in [5.74, 6) is -0.383. The second kappa shape index (κ2) is 7.43. The summed E-state index contributed by atoms with van der Waals surface area (Å²) in [6.45, 7) is 5.49. The van der Waals surface area contributed by atoms with Crippen molar-refractivity contribution in [2.24, 2.45) is 0 Å². The average molecular weight is 276 g/mol. The number of rotatable bonds is 6. The first kappa shape index (κ1) is 15.9. The number of anilines is 1. The molecule has 0 saturated heterocycles. The van der Waals surface area contributed by atoms with E-state index in [4.69, 9.17) is 0 Å². The van der Waals surface area contributed by atoms with Crippen LogP contribution in [0, 0.1) is 0 Å². The Balaban J connectivity index is 2.61. The van der Waals surface area contributed by atoms with Crippen molar-refractivity contribution < 1.29 is 14.4 Å². The molecule has 5 nitrogen and oxygen atoms in total. The van der Waals surface area contributed by atoms with Gasteiger partial charge >= 0.3 is 0 Å². The first-order valence-corrected chi connectivity index (χ1v) is 6.60. The molecule has 0 saturated carbocycles. The van der Waals surface area contributed by atoms with Gasteiger partial charge in [-0.25, -0.2) is 0 Å². The summed E-state index contributed by atoms with van der Waals surface area (Å²) in [6, 6.07) is 6.67. The first-order chi connectivity index (χ1) is 9.43. The van der Waals surface area contributed by atoms with E-state index in [1.54, 1.807) is 24.3 Å². The van der Waals surface area contributed by atoms with E-state index < -0.39 is 0 Å². The molecule has 1 N–H and O–H groups in total. The van der Waals surface area contributed by atoms with Crippen molar-refractivity contribution in [2.45, 2.75) is 27.2 Å². The Hall–Kier alpha value is -2.17. The maximum Gasteiger partial charge on any atom is 0.243 e. The lowest BCUT2D eigenvalue weighted by atomic mass is 10.1. The van der Waals surface area contributed by atoms with Crippen LogP contribution >= 0.6 is 0 Å². The molecule has 0 bridgehead atoms. The van der Waals surface area contributed by atoms with Crippen molar-refractivity contribution in [3.05, 3.63) is 29.8 Å². The minimum absolute atomic E-state index is 0.0198. The molecule has 0 heterocycles. The van der Waals surface area contributed by atoms with E-state index in [9.17, 15) is 14.4 Å². The molecule has 0 aliphatic rings. The number of nitrogens with zero attached hydrogens (tertiary/aromatic N) is 1. The molecule has 0 atom stereocenters. The molecule has 0 aromatic heterocycles. The van der Waals surface area contributed by atoms with Gasteiger partial charge < -0.3 is 10.2 Å². The Labute approximate surface area is 119 Å². The SMILES string of the molecule is CCCN(CC(=O)Nc1ccc(C(C)=O)cc1)C(C)=O. The van der Waals surface area contributed by atoms with Crippen LogP contribution in [0.3, 0.4) is 0 Å². The molecule has 108 valence electrons. The quantitative estimate of drug-likeness (QED) is 0.809. The van der Waals surface area contributed by atoms with Crippen molar-refractivity contribution >= 4 is 23.3 Å². The molecule has 0 aliphatic carbocycles. The van der Waals surface area contributed by atoms with E-state index in [-0.39, 0.29) is 24.1 Å². The molecule has 0 unspecified atom stereocenters. The maximum absolute atomic E-state index is 11.8. The summed E-state index contributed by atoms with van der Waals surface area (Å²) in [5.41, 5.74) is 1.21. The highest BCUT2D eigenvalue weighted by molar-refractivity contribution is 5.96. The maximum atomic E-state index is 11.8. The minimum Gasteiger partial charge on any atom is -0.334 e. The normalized spacial score (nSPS) is 9.95. The zero-order valence-electron chi connectivity index (χ0n) is 12.1. The molecule has 0 aliphatic heterocycles. The smallest absolute Gasteiger partial charge is 0.243 e. The van der Waals surface area contributed by atoms with Gasteiger partial charge in [-0.1, -0.05) is 6.92 Å². The fourth-order valence-electron chi connectivity index (χ4n) is 1.78. The monoisotopic (exact) mass is 276 g/mol. The van der Waals surface area contributed by atoms with Gasteiger partial charge in [-0.15, -0.1) is 0 Å². The molecule has 5 heteroatoms. The molecular weight excluding hydrogens is 256 g/mol. The van der Waals surface area contributed by atoms with Crippen LogP contribution in [0.2, 0.25) is 0 Å². The van der Waals surface area contributed by atoms with E-state index >= 15 is 0 Å². The number of benzene rings is 1. The zero-order valence-corrected chi connectivity index (χ0v) is 12.1. The highest BCUT2D eigenvalue weighted by Crippen LogP contribution is 2.10. The van der Waals surface area contributed by atoms with Crippen molar-refractivity contribution in [1.82, 2.24) is 4.90 Å². The molecule has 20 heavy (non-hydrogen) atoms. The Bertz CT molecular complexity index is 494. The summed E-state index contributed by atoms with van der Waals surface area (Å²) in [7, 11) is 0. The average Bonchev–Trinajstić information content (AvgIpc) is 2.38. The molecule has 0 fully saturated rings. The van der Waals surface area contributed by atoms with Crippen LogP contribution < -0.4 is 5.32 Å². The number of carbonyl (C=O) groups is 3. The topological polar surface area (TPSA) is 66.5 Å². The fraction of sp³-hybridized carbons (Fsp3) is 0.400. The lowest BCUT2D eigenvalue weighted by Gasteiger charge is -2.19. The first-order valence-electron chi connectivity index (χ1n) is 6.60. The fourth-order valence-corrected chi connectivity index (χ4v) is 1.78. The van der Waals surface area contributed by atoms with Crippen LogP contribution in [0.4, 0.5) is 5.69 Å². The number of nitrogens with one attached hydrogen (secondary N) is 1. The predicted molar refractivity (Wildman–Crippen MR) is 77.6 cm³/mol. The van der Waals surface area contributed by atoms with E-state index in [1.807, 2.05) is 6.92 Å². The highest BCUT2D eigenvalue weighted by Gasteiger charge is 2.12. The van der Waals surface area contributed by atoms with Gasteiger partial charge in [-0.2, -0.15) is 0 Å². The van der Waals surface area contributed by atoms with Gasteiger partial charge in [0.1, 0.15) is 0 Å². The van der Waals surface area contributed by atoms with Gasteiger partial charge in [0.25, 0.3) is 0 Å².